The Morgan fingerprint density at radius 1 is 1.19 bits per heavy atom. The first kappa shape index (κ1) is 17.0. The minimum Gasteiger partial charge on any atom is -0.493 e. The van der Waals surface area contributed by atoms with Crippen LogP contribution in [0.4, 0.5) is 0 Å². The standard InChI is InChI=1S/C21H20ClNO3/c22-17-8-9-19-16(11-17)12-20(26-19)21(24)23-10-4-5-15(13-23)14-25-18-6-2-1-3-7-18/h1-3,6-9,11-12,15H,4-5,10,13-14H2. The van der Waals surface area contributed by atoms with Crippen molar-refractivity contribution >= 4 is 28.5 Å². The molecular formula is C21H20ClNO3. The van der Waals surface area contributed by atoms with Gasteiger partial charge in [-0.25, -0.2) is 0 Å². The molecule has 0 N–H and O–H groups in total. The molecule has 0 aliphatic carbocycles. The van der Waals surface area contributed by atoms with Crippen LogP contribution in [0.15, 0.2) is 59.0 Å². The van der Waals surface area contributed by atoms with Gasteiger partial charge in [-0.05, 0) is 49.2 Å². The van der Waals surface area contributed by atoms with Gasteiger partial charge in [-0.15, -0.1) is 0 Å². The van der Waals surface area contributed by atoms with E-state index >= 15 is 0 Å². The average Bonchev–Trinajstić information content (AvgIpc) is 3.10. The van der Waals surface area contributed by atoms with Crippen LogP contribution in [0.25, 0.3) is 11.0 Å². The number of hydrogen-bond donors (Lipinski definition) is 0. The number of hydrogen-bond acceptors (Lipinski definition) is 3. The fourth-order valence-electron chi connectivity index (χ4n) is 3.39. The number of halogens is 1. The summed E-state index contributed by atoms with van der Waals surface area (Å²) in [7, 11) is 0. The fourth-order valence-corrected chi connectivity index (χ4v) is 3.57. The lowest BCUT2D eigenvalue weighted by molar-refractivity contribution is 0.0604. The summed E-state index contributed by atoms with van der Waals surface area (Å²) in [6.45, 7) is 2.05. The van der Waals surface area contributed by atoms with E-state index in [2.05, 4.69) is 0 Å². The summed E-state index contributed by atoms with van der Waals surface area (Å²) < 4.78 is 11.6. The zero-order valence-electron chi connectivity index (χ0n) is 14.4. The molecule has 0 spiro atoms. The number of nitrogens with zero attached hydrogens (tertiary/aromatic N) is 1. The smallest absolute Gasteiger partial charge is 0.289 e. The van der Waals surface area contributed by atoms with Crippen LogP contribution < -0.4 is 4.74 Å². The number of carbonyl (C=O) groups excluding carboxylic acids is 1. The van der Waals surface area contributed by atoms with E-state index in [1.807, 2.05) is 41.3 Å². The minimum atomic E-state index is -0.0678. The largest absolute Gasteiger partial charge is 0.493 e. The zero-order valence-corrected chi connectivity index (χ0v) is 15.1. The first-order valence-electron chi connectivity index (χ1n) is 8.85. The van der Waals surface area contributed by atoms with Gasteiger partial charge in [0.25, 0.3) is 5.91 Å². The summed E-state index contributed by atoms with van der Waals surface area (Å²) >= 11 is 6.01. The van der Waals surface area contributed by atoms with Crippen molar-refractivity contribution in [2.75, 3.05) is 19.7 Å². The molecule has 1 aliphatic heterocycles. The fraction of sp³-hybridized carbons (Fsp3) is 0.286. The maximum atomic E-state index is 12.8. The highest BCUT2D eigenvalue weighted by molar-refractivity contribution is 6.31. The summed E-state index contributed by atoms with van der Waals surface area (Å²) in [6, 6.07) is 16.9. The normalized spacial score (nSPS) is 17.4. The van der Waals surface area contributed by atoms with E-state index in [0.717, 1.165) is 30.5 Å². The van der Waals surface area contributed by atoms with Crippen LogP contribution in [0.3, 0.4) is 0 Å². The molecule has 0 saturated carbocycles. The van der Waals surface area contributed by atoms with Gasteiger partial charge in [0.1, 0.15) is 11.3 Å². The number of amides is 1. The molecule has 4 nitrogen and oxygen atoms in total. The number of rotatable bonds is 4. The second-order valence-corrected chi connectivity index (χ2v) is 7.11. The van der Waals surface area contributed by atoms with E-state index < -0.39 is 0 Å². The molecule has 1 saturated heterocycles. The highest BCUT2D eigenvalue weighted by Gasteiger charge is 2.27. The molecule has 3 aromatic rings. The lowest BCUT2D eigenvalue weighted by atomic mass is 9.98. The maximum absolute atomic E-state index is 12.8. The summed E-state index contributed by atoms with van der Waals surface area (Å²) in [5.74, 6) is 1.49. The lowest BCUT2D eigenvalue weighted by Gasteiger charge is -2.32. The Kier molecular flexibility index (Phi) is 4.85. The first-order valence-corrected chi connectivity index (χ1v) is 9.23. The van der Waals surface area contributed by atoms with Crippen molar-refractivity contribution in [2.24, 2.45) is 5.92 Å². The van der Waals surface area contributed by atoms with Crippen molar-refractivity contribution in [3.63, 3.8) is 0 Å². The Bertz CT molecular complexity index is 906. The predicted molar refractivity (Wildman–Crippen MR) is 102 cm³/mol. The molecule has 4 rings (SSSR count). The Morgan fingerprint density at radius 3 is 2.88 bits per heavy atom. The van der Waals surface area contributed by atoms with Crippen molar-refractivity contribution in [2.45, 2.75) is 12.8 Å². The summed E-state index contributed by atoms with van der Waals surface area (Å²) in [4.78, 5) is 14.7. The van der Waals surface area contributed by atoms with Gasteiger partial charge in [-0.1, -0.05) is 29.8 Å². The molecule has 134 valence electrons. The third kappa shape index (κ3) is 3.70. The van der Waals surface area contributed by atoms with Crippen molar-refractivity contribution in [3.8, 4) is 5.75 Å². The molecule has 1 unspecified atom stereocenters. The molecule has 1 aromatic heterocycles. The monoisotopic (exact) mass is 369 g/mol. The topological polar surface area (TPSA) is 42.7 Å². The van der Waals surface area contributed by atoms with Gasteiger partial charge < -0.3 is 14.1 Å². The zero-order chi connectivity index (χ0) is 17.9. The Hall–Kier alpha value is -2.46. The van der Waals surface area contributed by atoms with Gasteiger partial charge >= 0.3 is 0 Å². The molecule has 0 bridgehead atoms. The molecule has 2 heterocycles. The number of benzene rings is 2. The van der Waals surface area contributed by atoms with Gasteiger partial charge in [0.05, 0.1) is 6.61 Å². The predicted octanol–water partition coefficient (Wildman–Crippen LogP) is 5.02. The third-order valence-electron chi connectivity index (χ3n) is 4.72. The van der Waals surface area contributed by atoms with Crippen LogP contribution >= 0.6 is 11.6 Å². The van der Waals surface area contributed by atoms with Crippen molar-refractivity contribution in [1.29, 1.82) is 0 Å². The minimum absolute atomic E-state index is 0.0678. The first-order chi connectivity index (χ1) is 12.7. The number of carbonyl (C=O) groups is 1. The number of likely N-dealkylation sites (tertiary alicyclic amines) is 1. The molecule has 1 atom stereocenters. The molecule has 1 fully saturated rings. The van der Waals surface area contributed by atoms with Crippen LogP contribution in [0.2, 0.25) is 5.02 Å². The number of ether oxygens (including phenoxy) is 1. The Balaban J connectivity index is 1.42. The van der Waals surface area contributed by atoms with Crippen LogP contribution in [0.5, 0.6) is 5.75 Å². The van der Waals surface area contributed by atoms with E-state index in [0.29, 0.717) is 35.4 Å². The summed E-state index contributed by atoms with van der Waals surface area (Å²) in [5, 5.41) is 1.48. The molecule has 2 aromatic carbocycles. The number of furan rings is 1. The molecule has 1 aliphatic rings. The van der Waals surface area contributed by atoms with Gasteiger partial charge in [-0.3, -0.25) is 4.79 Å². The van der Waals surface area contributed by atoms with Crippen molar-refractivity contribution < 1.29 is 13.9 Å². The van der Waals surface area contributed by atoms with Crippen LogP contribution in [-0.2, 0) is 0 Å². The maximum Gasteiger partial charge on any atom is 0.289 e. The number of fused-ring (bicyclic) bond motifs is 1. The quantitative estimate of drug-likeness (QED) is 0.648. The van der Waals surface area contributed by atoms with E-state index in [1.54, 1.807) is 18.2 Å². The Morgan fingerprint density at radius 2 is 2.04 bits per heavy atom. The van der Waals surface area contributed by atoms with E-state index in [1.165, 1.54) is 0 Å². The third-order valence-corrected chi connectivity index (χ3v) is 4.96. The van der Waals surface area contributed by atoms with Crippen molar-refractivity contribution in [3.05, 3.63) is 65.4 Å². The summed E-state index contributed by atoms with van der Waals surface area (Å²) in [6.07, 6.45) is 2.03. The number of piperidine rings is 1. The Labute approximate surface area is 157 Å². The van der Waals surface area contributed by atoms with Gasteiger partial charge in [0, 0.05) is 29.4 Å². The van der Waals surface area contributed by atoms with E-state index in [4.69, 9.17) is 20.8 Å². The second kappa shape index (κ2) is 7.42. The molecule has 26 heavy (non-hydrogen) atoms. The van der Waals surface area contributed by atoms with E-state index in [-0.39, 0.29) is 5.91 Å². The van der Waals surface area contributed by atoms with Crippen molar-refractivity contribution in [1.82, 2.24) is 4.90 Å². The van der Waals surface area contributed by atoms with E-state index in [9.17, 15) is 4.79 Å². The van der Waals surface area contributed by atoms with Gasteiger partial charge in [-0.2, -0.15) is 0 Å². The highest BCUT2D eigenvalue weighted by Crippen LogP contribution is 2.26. The molecule has 0 radical (unpaired) electrons. The molecular weight excluding hydrogens is 350 g/mol. The van der Waals surface area contributed by atoms with Crippen LogP contribution in [0.1, 0.15) is 23.4 Å². The molecule has 5 heteroatoms. The lowest BCUT2D eigenvalue weighted by Crippen LogP contribution is -2.41. The second-order valence-electron chi connectivity index (χ2n) is 6.68. The van der Waals surface area contributed by atoms with Crippen LogP contribution in [-0.4, -0.2) is 30.5 Å². The SMILES string of the molecule is O=C(c1cc2cc(Cl)ccc2o1)N1CCCC(COc2ccccc2)C1. The average molecular weight is 370 g/mol. The highest BCUT2D eigenvalue weighted by atomic mass is 35.5. The number of para-hydroxylation sites is 1. The van der Waals surface area contributed by atoms with Gasteiger partial charge in [0.2, 0.25) is 0 Å². The van der Waals surface area contributed by atoms with Crippen LogP contribution in [0, 0.1) is 5.92 Å². The molecule has 1 amide bonds. The van der Waals surface area contributed by atoms with Gasteiger partial charge in [0.15, 0.2) is 5.76 Å². The summed E-state index contributed by atoms with van der Waals surface area (Å²) in [5.41, 5.74) is 0.679.